The van der Waals surface area contributed by atoms with Crippen LogP contribution >= 0.6 is 23.4 Å². The van der Waals surface area contributed by atoms with Crippen LogP contribution in [-0.4, -0.2) is 39.5 Å². The maximum absolute atomic E-state index is 12.0. The summed E-state index contributed by atoms with van der Waals surface area (Å²) in [7, 11) is 4.65. The molecule has 7 heteroatoms. The van der Waals surface area contributed by atoms with Gasteiger partial charge >= 0.3 is 0 Å². The van der Waals surface area contributed by atoms with Gasteiger partial charge < -0.3 is 19.5 Å². The van der Waals surface area contributed by atoms with Crippen LogP contribution in [0, 0.1) is 0 Å². The summed E-state index contributed by atoms with van der Waals surface area (Å²) >= 11 is 7.62. The van der Waals surface area contributed by atoms with Gasteiger partial charge in [0.1, 0.15) is 0 Å². The second kappa shape index (κ2) is 11.5. The summed E-state index contributed by atoms with van der Waals surface area (Å²) in [5, 5.41) is 3.61. The summed E-state index contributed by atoms with van der Waals surface area (Å²) in [6.45, 7) is 0.588. The van der Waals surface area contributed by atoms with E-state index in [1.54, 1.807) is 45.2 Å². The number of benzene rings is 2. The summed E-state index contributed by atoms with van der Waals surface area (Å²) in [4.78, 5) is 12.0. The van der Waals surface area contributed by atoms with E-state index in [0.717, 1.165) is 22.1 Å². The lowest BCUT2D eigenvalue weighted by Crippen LogP contribution is -2.23. The van der Waals surface area contributed by atoms with Crippen LogP contribution in [0.15, 0.2) is 42.5 Å². The van der Waals surface area contributed by atoms with Gasteiger partial charge in [0, 0.05) is 34.7 Å². The minimum atomic E-state index is -0.163. The number of hydrogen-bond donors (Lipinski definition) is 1. The minimum absolute atomic E-state index is 0.163. The highest BCUT2D eigenvalue weighted by molar-refractivity contribution is 7.98. The molecule has 2 rings (SSSR count). The van der Waals surface area contributed by atoms with Crippen molar-refractivity contribution in [2.75, 3.05) is 33.6 Å². The van der Waals surface area contributed by atoms with Crippen molar-refractivity contribution in [1.29, 1.82) is 0 Å². The lowest BCUT2D eigenvalue weighted by Gasteiger charge is -2.13. The molecule has 0 fully saturated rings. The zero-order chi connectivity index (χ0) is 20.4. The van der Waals surface area contributed by atoms with Crippen LogP contribution in [0.2, 0.25) is 5.02 Å². The highest BCUT2D eigenvalue weighted by atomic mass is 35.5. The van der Waals surface area contributed by atoms with Gasteiger partial charge in [0.05, 0.1) is 21.3 Å². The average Bonchev–Trinajstić information content (AvgIpc) is 2.72. The average molecular weight is 422 g/mol. The van der Waals surface area contributed by atoms with Crippen LogP contribution in [0.4, 0.5) is 0 Å². The Morgan fingerprint density at radius 1 is 1.04 bits per heavy atom. The third-order valence-corrected chi connectivity index (χ3v) is 5.16. The second-order valence-corrected chi connectivity index (χ2v) is 7.27. The van der Waals surface area contributed by atoms with E-state index in [4.69, 9.17) is 25.8 Å². The largest absolute Gasteiger partial charge is 0.493 e. The highest BCUT2D eigenvalue weighted by Crippen LogP contribution is 2.40. The number of rotatable bonds is 10. The Balaban J connectivity index is 1.82. The predicted octanol–water partition coefficient (Wildman–Crippen LogP) is 4.43. The smallest absolute Gasteiger partial charge is 0.244 e. The molecule has 0 radical (unpaired) electrons. The third kappa shape index (κ3) is 6.39. The highest BCUT2D eigenvalue weighted by Gasteiger charge is 2.14. The molecule has 28 heavy (non-hydrogen) atoms. The maximum atomic E-state index is 12.0. The molecule has 2 aromatic carbocycles. The Morgan fingerprint density at radius 3 is 2.39 bits per heavy atom. The fourth-order valence-electron chi connectivity index (χ4n) is 2.50. The number of hydrogen-bond acceptors (Lipinski definition) is 5. The molecular weight excluding hydrogens is 398 g/mol. The number of nitrogens with one attached hydrogen (secondary N) is 1. The normalized spacial score (nSPS) is 10.7. The van der Waals surface area contributed by atoms with Crippen molar-refractivity contribution >= 4 is 35.3 Å². The number of methoxy groups -OCH3 is 3. The SMILES string of the molecule is COc1ccc(C=CC(=O)NCCSCc2ccc(Cl)cc2)c(OC)c1OC. The van der Waals surface area contributed by atoms with Gasteiger partial charge in [-0.2, -0.15) is 11.8 Å². The van der Waals surface area contributed by atoms with Crippen molar-refractivity contribution in [2.45, 2.75) is 5.75 Å². The van der Waals surface area contributed by atoms with Crippen molar-refractivity contribution in [3.63, 3.8) is 0 Å². The molecule has 1 N–H and O–H groups in total. The molecule has 0 aromatic heterocycles. The van der Waals surface area contributed by atoms with Crippen LogP contribution in [-0.2, 0) is 10.5 Å². The zero-order valence-corrected chi connectivity index (χ0v) is 17.7. The molecule has 0 aliphatic rings. The van der Waals surface area contributed by atoms with E-state index in [-0.39, 0.29) is 5.91 Å². The van der Waals surface area contributed by atoms with Gasteiger partial charge in [0.15, 0.2) is 11.5 Å². The molecule has 0 bridgehead atoms. The molecule has 150 valence electrons. The first-order valence-corrected chi connectivity index (χ1v) is 10.2. The standard InChI is InChI=1S/C21H24ClNO4S/c1-25-18-10-6-16(20(26-2)21(18)27-3)7-11-19(24)23-12-13-28-14-15-4-8-17(22)9-5-15/h4-11H,12-14H2,1-3H3,(H,23,24). The summed E-state index contributed by atoms with van der Waals surface area (Å²) in [6.07, 6.45) is 3.17. The minimum Gasteiger partial charge on any atom is -0.493 e. The van der Waals surface area contributed by atoms with Gasteiger partial charge in [-0.05, 0) is 35.9 Å². The first-order chi connectivity index (χ1) is 13.6. The lowest BCUT2D eigenvalue weighted by atomic mass is 10.1. The Labute approximate surface area is 175 Å². The van der Waals surface area contributed by atoms with Crippen molar-refractivity contribution < 1.29 is 19.0 Å². The van der Waals surface area contributed by atoms with Gasteiger partial charge in [-0.25, -0.2) is 0 Å². The fourth-order valence-corrected chi connectivity index (χ4v) is 3.44. The summed E-state index contributed by atoms with van der Waals surface area (Å²) < 4.78 is 16.0. The molecule has 0 saturated carbocycles. The number of thioether (sulfide) groups is 1. The van der Waals surface area contributed by atoms with Gasteiger partial charge in [-0.1, -0.05) is 23.7 Å². The van der Waals surface area contributed by atoms with Gasteiger partial charge in [0.2, 0.25) is 11.7 Å². The number of carbonyl (C=O) groups is 1. The molecule has 0 aliphatic heterocycles. The molecule has 0 unspecified atom stereocenters. The van der Waals surface area contributed by atoms with E-state index < -0.39 is 0 Å². The molecule has 0 saturated heterocycles. The molecule has 2 aromatic rings. The monoisotopic (exact) mass is 421 g/mol. The Hall–Kier alpha value is -2.31. The number of carbonyl (C=O) groups excluding carboxylic acids is 1. The van der Waals surface area contributed by atoms with E-state index in [0.29, 0.717) is 23.8 Å². The van der Waals surface area contributed by atoms with Gasteiger partial charge in [-0.15, -0.1) is 0 Å². The number of halogens is 1. The second-order valence-electron chi connectivity index (χ2n) is 5.73. The van der Waals surface area contributed by atoms with Crippen molar-refractivity contribution in [1.82, 2.24) is 5.32 Å². The number of amides is 1. The molecular formula is C21H24ClNO4S. The topological polar surface area (TPSA) is 56.8 Å². The van der Waals surface area contributed by atoms with Crippen LogP contribution in [0.25, 0.3) is 6.08 Å². The summed E-state index contributed by atoms with van der Waals surface area (Å²) in [5.41, 5.74) is 1.94. The zero-order valence-electron chi connectivity index (χ0n) is 16.2. The Kier molecular flexibility index (Phi) is 9.04. The molecule has 0 atom stereocenters. The summed E-state index contributed by atoms with van der Waals surface area (Å²) in [6, 6.07) is 11.4. The van der Waals surface area contributed by atoms with Crippen molar-refractivity contribution in [2.24, 2.45) is 0 Å². The quantitative estimate of drug-likeness (QED) is 0.454. The number of ether oxygens (including phenoxy) is 3. The lowest BCUT2D eigenvalue weighted by molar-refractivity contribution is -0.116. The summed E-state index contributed by atoms with van der Waals surface area (Å²) in [5.74, 6) is 3.12. The maximum Gasteiger partial charge on any atom is 0.244 e. The van der Waals surface area contributed by atoms with Crippen LogP contribution in [0.3, 0.4) is 0 Å². The van der Waals surface area contributed by atoms with E-state index in [2.05, 4.69) is 5.32 Å². The van der Waals surface area contributed by atoms with Crippen LogP contribution in [0.1, 0.15) is 11.1 Å². The predicted molar refractivity (Wildman–Crippen MR) is 116 cm³/mol. The molecule has 0 aliphatic carbocycles. The van der Waals surface area contributed by atoms with Gasteiger partial charge in [0.25, 0.3) is 0 Å². The molecule has 0 heterocycles. The molecule has 1 amide bonds. The van der Waals surface area contributed by atoms with Crippen LogP contribution < -0.4 is 19.5 Å². The molecule has 5 nitrogen and oxygen atoms in total. The van der Waals surface area contributed by atoms with Crippen molar-refractivity contribution in [3.05, 3.63) is 58.6 Å². The Morgan fingerprint density at radius 2 is 1.75 bits per heavy atom. The van der Waals surface area contributed by atoms with Gasteiger partial charge in [-0.3, -0.25) is 4.79 Å². The van der Waals surface area contributed by atoms with E-state index in [1.165, 1.54) is 11.6 Å². The Bertz CT molecular complexity index is 809. The van der Waals surface area contributed by atoms with Crippen molar-refractivity contribution in [3.8, 4) is 17.2 Å². The van der Waals surface area contributed by atoms with Crippen LogP contribution in [0.5, 0.6) is 17.2 Å². The third-order valence-electron chi connectivity index (χ3n) is 3.88. The van der Waals surface area contributed by atoms with E-state index in [1.807, 2.05) is 30.3 Å². The van der Waals surface area contributed by atoms with E-state index >= 15 is 0 Å². The van der Waals surface area contributed by atoms with E-state index in [9.17, 15) is 4.79 Å². The first-order valence-electron chi connectivity index (χ1n) is 8.66. The first kappa shape index (κ1) is 22.0. The molecule has 0 spiro atoms. The fraction of sp³-hybridized carbons (Fsp3) is 0.286.